The van der Waals surface area contributed by atoms with Crippen molar-refractivity contribution in [2.45, 2.75) is 57.3 Å². The highest BCUT2D eigenvalue weighted by molar-refractivity contribution is 6.13. The van der Waals surface area contributed by atoms with Crippen molar-refractivity contribution in [1.29, 1.82) is 0 Å². The van der Waals surface area contributed by atoms with Gasteiger partial charge in [-0.15, -0.1) is 13.2 Å². The molecule has 6 rings (SSSR count). The number of hydrogen-bond acceptors (Lipinski definition) is 14. The fourth-order valence-electron chi connectivity index (χ4n) is 7.60. The van der Waals surface area contributed by atoms with E-state index in [2.05, 4.69) is 59.5 Å². The number of pyridine rings is 1. The van der Waals surface area contributed by atoms with Crippen molar-refractivity contribution in [2.75, 3.05) is 75.2 Å². The number of allylic oxidation sites excluding steroid dienone is 3. The first kappa shape index (κ1) is 48.9. The van der Waals surface area contributed by atoms with Gasteiger partial charge in [-0.2, -0.15) is 9.49 Å². The van der Waals surface area contributed by atoms with Crippen molar-refractivity contribution in [1.82, 2.24) is 25.4 Å². The van der Waals surface area contributed by atoms with E-state index in [1.807, 2.05) is 5.94 Å². The van der Waals surface area contributed by atoms with Crippen molar-refractivity contribution in [2.24, 2.45) is 23.5 Å². The summed E-state index contributed by atoms with van der Waals surface area (Å²) in [5.74, 6) is 1.23. The van der Waals surface area contributed by atoms with Gasteiger partial charge in [-0.05, 0) is 67.7 Å². The van der Waals surface area contributed by atoms with Crippen LogP contribution < -0.4 is 37.1 Å². The van der Waals surface area contributed by atoms with E-state index in [9.17, 15) is 41.5 Å². The van der Waals surface area contributed by atoms with Crippen LogP contribution >= 0.6 is 0 Å². The zero-order valence-corrected chi connectivity index (χ0v) is 35.8. The molecular weight excluding hydrogens is 875 g/mol. The standard InChI is InChI=1S/C44H51F4N9O9/c45-40-35(23-31(24-53-40)54-37(60)22-27-3-8-33(9-4-27)66-44(46,47)48)55-43(62)39-38(41(49)61)42(57(56-39)32-6-7-32)52-12-1-11-50-30(25-58)10-14-63-16-18-65-19-17-64-15-13-51-36(26-59)34-21-28-2-5-29(34)20-28/h2-5,8-9,23-24,28-29,32,34,50-52H,1,6-7,10-22H2,(H2,49,61)(H,54,60)(H,55,62). The van der Waals surface area contributed by atoms with E-state index in [4.69, 9.17) is 19.9 Å². The lowest BCUT2D eigenvalue weighted by Crippen LogP contribution is -2.27. The molecule has 7 N–H and O–H groups in total. The summed E-state index contributed by atoms with van der Waals surface area (Å²) in [6.07, 6.45) is 4.58. The van der Waals surface area contributed by atoms with E-state index in [1.165, 1.54) is 16.8 Å². The number of anilines is 3. The molecule has 3 amide bonds. The highest BCUT2D eigenvalue weighted by Gasteiger charge is 2.38. The number of primary amides is 1. The van der Waals surface area contributed by atoms with E-state index in [1.54, 1.807) is 0 Å². The first-order valence-electron chi connectivity index (χ1n) is 21.5. The lowest BCUT2D eigenvalue weighted by molar-refractivity contribution is -0.274. The van der Waals surface area contributed by atoms with Gasteiger partial charge in [-0.3, -0.25) is 14.4 Å². The molecule has 0 saturated heterocycles. The molecule has 0 radical (unpaired) electrons. The number of ether oxygens (including phenoxy) is 4. The second-order valence-corrected chi connectivity index (χ2v) is 15.7. The monoisotopic (exact) mass is 925 g/mol. The Kier molecular flexibility index (Phi) is 17.5. The van der Waals surface area contributed by atoms with Crippen LogP contribution in [-0.4, -0.2) is 110 Å². The molecule has 2 fully saturated rings. The molecule has 2 heterocycles. The predicted molar refractivity (Wildman–Crippen MR) is 230 cm³/mol. The van der Waals surface area contributed by atoms with E-state index < -0.39 is 41.5 Å². The zero-order valence-electron chi connectivity index (χ0n) is 35.8. The van der Waals surface area contributed by atoms with E-state index in [0.717, 1.165) is 50.1 Å². The molecule has 1 aromatic carbocycles. The zero-order chi connectivity index (χ0) is 47.1. The Hall–Kier alpha value is -6.57. The van der Waals surface area contributed by atoms with Gasteiger partial charge >= 0.3 is 6.36 Å². The van der Waals surface area contributed by atoms with Crippen LogP contribution in [0.25, 0.3) is 0 Å². The maximum absolute atomic E-state index is 14.8. The second kappa shape index (κ2) is 23.6. The summed E-state index contributed by atoms with van der Waals surface area (Å²) in [6, 6.07) is 5.62. The van der Waals surface area contributed by atoms with Crippen LogP contribution in [0.4, 0.5) is 34.8 Å². The molecule has 66 heavy (non-hydrogen) atoms. The Balaban J connectivity index is 0.877. The molecule has 354 valence electrons. The molecule has 2 bridgehead atoms. The fraction of sp³-hybridized carbons (Fsp3) is 0.477. The number of carbonyl (C=O) groups excluding carboxylic acids is 5. The Morgan fingerprint density at radius 1 is 0.879 bits per heavy atom. The Morgan fingerprint density at radius 2 is 1.61 bits per heavy atom. The summed E-state index contributed by atoms with van der Waals surface area (Å²) in [7, 11) is 0. The molecule has 3 aromatic rings. The third-order valence-electron chi connectivity index (χ3n) is 10.8. The first-order valence-corrected chi connectivity index (χ1v) is 21.5. The number of aromatic nitrogens is 3. The average molecular weight is 926 g/mol. The van der Waals surface area contributed by atoms with Crippen LogP contribution in [-0.2, 0) is 35.0 Å². The normalized spacial score (nSPS) is 17.1. The Labute approximate surface area is 376 Å². The SMILES string of the molecule is NC(=O)c1c(C(=O)Nc2cc(NC(=O)Cc3ccc(OC(F)(F)F)cc3)cnc2F)nn(C2CC2)c1NCCCNC(=C=O)CCOCCOCCOCCNC(=C=O)C1CC2C=CC1C2. The molecule has 2 aromatic heterocycles. The van der Waals surface area contributed by atoms with Crippen molar-refractivity contribution in [3.63, 3.8) is 0 Å². The van der Waals surface area contributed by atoms with Crippen molar-refractivity contribution >= 4 is 46.8 Å². The second-order valence-electron chi connectivity index (χ2n) is 15.7. The van der Waals surface area contributed by atoms with Crippen LogP contribution in [0.1, 0.15) is 71.0 Å². The molecule has 18 nitrogen and oxygen atoms in total. The number of rotatable bonds is 28. The highest BCUT2D eigenvalue weighted by atomic mass is 19.4. The topological polar surface area (TPSA) is 239 Å². The maximum atomic E-state index is 14.8. The minimum Gasteiger partial charge on any atom is -0.406 e. The van der Waals surface area contributed by atoms with Crippen molar-refractivity contribution in [3.8, 4) is 5.75 Å². The quantitative estimate of drug-likeness (QED) is 0.0196. The van der Waals surface area contributed by atoms with Gasteiger partial charge in [0.2, 0.25) is 11.9 Å². The molecule has 0 spiro atoms. The third kappa shape index (κ3) is 14.5. The molecule has 22 heteroatoms. The Bertz CT molecular complexity index is 2310. The van der Waals surface area contributed by atoms with E-state index in [-0.39, 0.29) is 60.7 Å². The molecule has 2 saturated carbocycles. The molecule has 3 unspecified atom stereocenters. The van der Waals surface area contributed by atoms with Gasteiger partial charge in [0.1, 0.15) is 34.7 Å². The molecule has 3 atom stereocenters. The summed E-state index contributed by atoms with van der Waals surface area (Å²) < 4.78 is 74.2. The molecule has 3 aliphatic rings. The smallest absolute Gasteiger partial charge is 0.406 e. The Morgan fingerprint density at radius 3 is 2.24 bits per heavy atom. The summed E-state index contributed by atoms with van der Waals surface area (Å²) >= 11 is 0. The lowest BCUT2D eigenvalue weighted by atomic mass is 9.91. The van der Waals surface area contributed by atoms with Crippen LogP contribution in [0.3, 0.4) is 0 Å². The number of benzene rings is 1. The number of halogens is 4. The van der Waals surface area contributed by atoms with Gasteiger partial charge in [0, 0.05) is 32.0 Å². The van der Waals surface area contributed by atoms with Gasteiger partial charge in [0.15, 0.2) is 5.69 Å². The number of fused-ring (bicyclic) bond motifs is 2. The molecular formula is C44H51F4N9O9. The summed E-state index contributed by atoms with van der Waals surface area (Å²) in [6.45, 7) is 3.23. The van der Waals surface area contributed by atoms with Gasteiger partial charge in [-0.1, -0.05) is 24.3 Å². The highest BCUT2D eigenvalue weighted by Crippen LogP contribution is 2.45. The first-order chi connectivity index (χ1) is 31.8. The number of carbonyl (C=O) groups is 3. The van der Waals surface area contributed by atoms with Crippen LogP contribution in [0.2, 0.25) is 0 Å². The van der Waals surface area contributed by atoms with E-state index >= 15 is 0 Å². The van der Waals surface area contributed by atoms with Crippen molar-refractivity contribution < 1.29 is 60.5 Å². The fourth-order valence-corrected chi connectivity index (χ4v) is 7.60. The molecule has 0 aliphatic heterocycles. The minimum absolute atomic E-state index is 0.0143. The number of nitrogens with one attached hydrogen (secondary N) is 5. The van der Waals surface area contributed by atoms with Crippen LogP contribution in [0.15, 0.2) is 60.1 Å². The molecule has 3 aliphatic carbocycles. The number of nitrogens with two attached hydrogens (primary N) is 1. The van der Waals surface area contributed by atoms with Gasteiger partial charge in [0.05, 0.1) is 75.4 Å². The maximum Gasteiger partial charge on any atom is 0.573 e. The van der Waals surface area contributed by atoms with Crippen LogP contribution in [0, 0.1) is 23.7 Å². The van der Waals surface area contributed by atoms with Crippen molar-refractivity contribution in [3.05, 3.63) is 82.8 Å². The predicted octanol–water partition coefficient (Wildman–Crippen LogP) is 4.25. The number of amides is 3. The summed E-state index contributed by atoms with van der Waals surface area (Å²) in [5.41, 5.74) is 5.95. The van der Waals surface area contributed by atoms with Gasteiger partial charge in [-0.25, -0.2) is 19.3 Å². The summed E-state index contributed by atoms with van der Waals surface area (Å²) in [4.78, 5) is 65.5. The van der Waals surface area contributed by atoms with Gasteiger partial charge < -0.3 is 51.3 Å². The van der Waals surface area contributed by atoms with Gasteiger partial charge in [0.25, 0.3) is 11.8 Å². The largest absolute Gasteiger partial charge is 0.573 e. The van der Waals surface area contributed by atoms with E-state index in [0.29, 0.717) is 81.3 Å². The minimum atomic E-state index is -4.87. The number of hydrogen-bond donors (Lipinski definition) is 6. The summed E-state index contributed by atoms with van der Waals surface area (Å²) in [5, 5.41) is 18.5. The number of nitrogens with zero attached hydrogens (tertiary/aromatic N) is 3. The average Bonchev–Trinajstić information content (AvgIpc) is 3.70. The lowest BCUT2D eigenvalue weighted by Gasteiger charge is -2.20. The number of alkyl halides is 3. The third-order valence-corrected chi connectivity index (χ3v) is 10.8. The van der Waals surface area contributed by atoms with Crippen LogP contribution in [0.5, 0.6) is 5.75 Å².